The van der Waals surface area contributed by atoms with Gasteiger partial charge in [-0.3, -0.25) is 4.79 Å². The molecule has 0 bridgehead atoms. The molecule has 1 rings (SSSR count). The third-order valence-corrected chi connectivity index (χ3v) is 4.01. The van der Waals surface area contributed by atoms with Crippen LogP contribution in [0.3, 0.4) is 0 Å². The lowest BCUT2D eigenvalue weighted by Crippen LogP contribution is -2.07. The van der Waals surface area contributed by atoms with Crippen LogP contribution >= 0.6 is 11.3 Å². The fourth-order valence-electron chi connectivity index (χ4n) is 1.30. The Bertz CT molecular complexity index is 345. The van der Waals surface area contributed by atoms with Crippen LogP contribution in [0.4, 0.5) is 0 Å². The smallest absolute Gasteiger partial charge is 0.298 e. The largest absolute Gasteiger partial charge is 0.428 e. The predicted octanol–water partition coefficient (Wildman–Crippen LogP) is 3.70. The van der Waals surface area contributed by atoms with Crippen molar-refractivity contribution in [2.45, 2.75) is 46.0 Å². The van der Waals surface area contributed by atoms with Crippen LogP contribution in [-0.2, 0) is 10.2 Å². The molecule has 0 saturated carbocycles. The number of ether oxygens (including phenoxy) is 1. The normalized spacial score (nSPS) is 11.9. The van der Waals surface area contributed by atoms with Crippen LogP contribution in [0.15, 0.2) is 6.07 Å². The molecule has 0 spiro atoms. The van der Waals surface area contributed by atoms with E-state index < -0.39 is 0 Å². The van der Waals surface area contributed by atoms with E-state index in [4.69, 9.17) is 4.74 Å². The van der Waals surface area contributed by atoms with Crippen LogP contribution in [0.2, 0.25) is 0 Å². The molecule has 0 fully saturated rings. The molecule has 1 heterocycles. The van der Waals surface area contributed by atoms with Gasteiger partial charge >= 0.3 is 0 Å². The zero-order valence-corrected chi connectivity index (χ0v) is 10.8. The van der Waals surface area contributed by atoms with E-state index in [2.05, 4.69) is 34.6 Å². The van der Waals surface area contributed by atoms with Crippen LogP contribution in [-0.4, -0.2) is 6.47 Å². The summed E-state index contributed by atoms with van der Waals surface area (Å²) < 4.78 is 5.00. The predicted molar refractivity (Wildman–Crippen MR) is 63.8 cm³/mol. The van der Waals surface area contributed by atoms with Crippen molar-refractivity contribution in [2.75, 3.05) is 0 Å². The summed E-state index contributed by atoms with van der Waals surface area (Å²) in [5.74, 6) is 1.11. The molecule has 0 unspecified atom stereocenters. The van der Waals surface area contributed by atoms with Gasteiger partial charge in [0.25, 0.3) is 6.47 Å². The van der Waals surface area contributed by atoms with Crippen LogP contribution < -0.4 is 4.74 Å². The molecule has 3 heteroatoms. The first-order chi connectivity index (χ1) is 6.86. The Labute approximate surface area is 95.3 Å². The van der Waals surface area contributed by atoms with E-state index in [-0.39, 0.29) is 5.41 Å². The van der Waals surface area contributed by atoms with Crippen molar-refractivity contribution in [3.63, 3.8) is 0 Å². The molecule has 1 aromatic heterocycles. The summed E-state index contributed by atoms with van der Waals surface area (Å²) in [5, 5.41) is 0. The molecule has 0 aliphatic rings. The minimum atomic E-state index is 0.110. The highest BCUT2D eigenvalue weighted by Gasteiger charge is 2.21. The summed E-state index contributed by atoms with van der Waals surface area (Å²) in [7, 11) is 0. The van der Waals surface area contributed by atoms with Gasteiger partial charge in [-0.25, -0.2) is 0 Å². The molecule has 0 radical (unpaired) electrons. The molecule has 84 valence electrons. The van der Waals surface area contributed by atoms with Gasteiger partial charge in [-0.2, -0.15) is 0 Å². The third kappa shape index (κ3) is 2.81. The van der Waals surface area contributed by atoms with E-state index in [0.29, 0.717) is 12.4 Å². The number of carbonyl (C=O) groups is 1. The molecule has 0 N–H and O–H groups in total. The van der Waals surface area contributed by atoms with Gasteiger partial charge in [0.05, 0.1) is 4.88 Å². The molecule has 0 saturated heterocycles. The molecule has 0 aliphatic heterocycles. The minimum absolute atomic E-state index is 0.110. The first-order valence-corrected chi connectivity index (χ1v) is 5.92. The van der Waals surface area contributed by atoms with E-state index in [9.17, 15) is 4.79 Å². The van der Waals surface area contributed by atoms with E-state index >= 15 is 0 Å². The van der Waals surface area contributed by atoms with Crippen LogP contribution in [0.25, 0.3) is 0 Å². The van der Waals surface area contributed by atoms with Crippen molar-refractivity contribution in [1.29, 1.82) is 0 Å². The minimum Gasteiger partial charge on any atom is -0.428 e. The topological polar surface area (TPSA) is 26.3 Å². The van der Waals surface area contributed by atoms with Gasteiger partial charge in [0.2, 0.25) is 0 Å². The van der Waals surface area contributed by atoms with Gasteiger partial charge in [0.1, 0.15) is 5.75 Å². The number of hydrogen-bond acceptors (Lipinski definition) is 3. The second kappa shape index (κ2) is 4.35. The van der Waals surface area contributed by atoms with Crippen molar-refractivity contribution in [3.05, 3.63) is 15.8 Å². The van der Waals surface area contributed by atoms with Crippen molar-refractivity contribution in [2.24, 2.45) is 0 Å². The molecular formula is C12H18O2S. The maximum Gasteiger partial charge on any atom is 0.298 e. The summed E-state index contributed by atoms with van der Waals surface area (Å²) in [5.41, 5.74) is 0.110. The van der Waals surface area contributed by atoms with Crippen LogP contribution in [0, 0.1) is 0 Å². The zero-order valence-electron chi connectivity index (χ0n) is 9.96. The highest BCUT2D eigenvalue weighted by atomic mass is 32.1. The fraction of sp³-hybridized carbons (Fsp3) is 0.583. The van der Waals surface area contributed by atoms with Crippen LogP contribution in [0.1, 0.15) is 50.3 Å². The summed E-state index contributed by atoms with van der Waals surface area (Å²) in [6, 6.07) is 1.98. The second-order valence-electron chi connectivity index (χ2n) is 4.96. The number of hydrogen-bond donors (Lipinski definition) is 0. The molecule has 0 amide bonds. The Kier molecular flexibility index (Phi) is 3.55. The quantitative estimate of drug-likeness (QED) is 0.734. The SMILES string of the molecule is CC(C)c1sc(C(C)(C)C)cc1OC=O. The Hall–Kier alpha value is -0.830. The first kappa shape index (κ1) is 12.2. The van der Waals surface area contributed by atoms with Gasteiger partial charge in [-0.05, 0) is 17.4 Å². The van der Waals surface area contributed by atoms with Gasteiger partial charge in [-0.15, -0.1) is 11.3 Å². The average Bonchev–Trinajstić information content (AvgIpc) is 2.48. The van der Waals surface area contributed by atoms with Crippen molar-refractivity contribution < 1.29 is 9.53 Å². The zero-order chi connectivity index (χ0) is 11.6. The Morgan fingerprint density at radius 1 is 1.40 bits per heavy atom. The average molecular weight is 226 g/mol. The van der Waals surface area contributed by atoms with E-state index in [1.807, 2.05) is 6.07 Å². The van der Waals surface area contributed by atoms with Crippen molar-refractivity contribution in [1.82, 2.24) is 0 Å². The fourth-order valence-corrected chi connectivity index (χ4v) is 2.46. The highest BCUT2D eigenvalue weighted by molar-refractivity contribution is 7.12. The maximum atomic E-state index is 10.4. The van der Waals surface area contributed by atoms with Crippen molar-refractivity contribution >= 4 is 17.8 Å². The Morgan fingerprint density at radius 3 is 2.40 bits per heavy atom. The Morgan fingerprint density at radius 2 is 2.00 bits per heavy atom. The molecule has 15 heavy (non-hydrogen) atoms. The molecular weight excluding hydrogens is 208 g/mol. The number of rotatable bonds is 3. The standard InChI is InChI=1S/C12H18O2S/c1-8(2)11-9(14-7-13)6-10(15-11)12(3,4)5/h6-8H,1-5H3. The lowest BCUT2D eigenvalue weighted by molar-refractivity contribution is -0.120. The van der Waals surface area contributed by atoms with E-state index in [1.165, 1.54) is 4.88 Å². The van der Waals surface area contributed by atoms with Crippen molar-refractivity contribution in [3.8, 4) is 5.75 Å². The van der Waals surface area contributed by atoms with Gasteiger partial charge < -0.3 is 4.74 Å². The van der Waals surface area contributed by atoms with E-state index in [0.717, 1.165) is 10.6 Å². The van der Waals surface area contributed by atoms with E-state index in [1.54, 1.807) is 11.3 Å². The molecule has 2 nitrogen and oxygen atoms in total. The summed E-state index contributed by atoms with van der Waals surface area (Å²) in [6.45, 7) is 11.2. The first-order valence-electron chi connectivity index (χ1n) is 5.10. The summed E-state index contributed by atoms with van der Waals surface area (Å²) in [6.07, 6.45) is 0. The lowest BCUT2D eigenvalue weighted by Gasteiger charge is -2.15. The highest BCUT2D eigenvalue weighted by Crippen LogP contribution is 2.40. The van der Waals surface area contributed by atoms with Crippen LogP contribution in [0.5, 0.6) is 5.75 Å². The van der Waals surface area contributed by atoms with Gasteiger partial charge in [0, 0.05) is 4.88 Å². The second-order valence-corrected chi connectivity index (χ2v) is 6.04. The maximum absolute atomic E-state index is 10.4. The van der Waals surface area contributed by atoms with Gasteiger partial charge in [0.15, 0.2) is 0 Å². The monoisotopic (exact) mass is 226 g/mol. The number of thiophene rings is 1. The number of carbonyl (C=O) groups excluding carboxylic acids is 1. The van der Waals surface area contributed by atoms with Gasteiger partial charge in [-0.1, -0.05) is 34.6 Å². The third-order valence-electron chi connectivity index (χ3n) is 2.16. The molecule has 1 aromatic rings. The molecule has 0 aliphatic carbocycles. The molecule has 0 atom stereocenters. The lowest BCUT2D eigenvalue weighted by atomic mass is 9.94. The summed E-state index contributed by atoms with van der Waals surface area (Å²) in [4.78, 5) is 12.8. The molecule has 0 aromatic carbocycles. The summed E-state index contributed by atoms with van der Waals surface area (Å²) >= 11 is 1.73. The Balaban J connectivity index is 3.14.